The van der Waals surface area contributed by atoms with Crippen LogP contribution in [0.1, 0.15) is 6.92 Å². The van der Waals surface area contributed by atoms with Crippen LogP contribution in [0, 0.1) is 0 Å². The highest BCUT2D eigenvalue weighted by molar-refractivity contribution is 5.70. The van der Waals surface area contributed by atoms with Gasteiger partial charge in [0, 0.05) is 6.61 Å². The van der Waals surface area contributed by atoms with Crippen LogP contribution in [0.4, 0.5) is 0 Å². The highest BCUT2D eigenvalue weighted by atomic mass is 16.6. The SMILES string of the molecule is CCOCC(=O)OC.c1ccccc1. The minimum Gasteiger partial charge on any atom is -0.467 e. The molecule has 0 saturated carbocycles. The quantitative estimate of drug-likeness (QED) is 0.692. The zero-order valence-electron chi connectivity index (χ0n) is 8.60. The number of ether oxygens (including phenoxy) is 2. The van der Waals surface area contributed by atoms with Gasteiger partial charge in [-0.3, -0.25) is 0 Å². The Balaban J connectivity index is 0.000000249. The molecular formula is C11H16O3. The first-order valence-electron chi connectivity index (χ1n) is 4.45. The number of hydrogen-bond acceptors (Lipinski definition) is 3. The lowest BCUT2D eigenvalue weighted by molar-refractivity contribution is -0.145. The Morgan fingerprint density at radius 3 is 1.79 bits per heavy atom. The second-order valence-corrected chi connectivity index (χ2v) is 2.37. The summed E-state index contributed by atoms with van der Waals surface area (Å²) >= 11 is 0. The van der Waals surface area contributed by atoms with Gasteiger partial charge in [-0.15, -0.1) is 0 Å². The lowest BCUT2D eigenvalue weighted by Gasteiger charge is -1.96. The van der Waals surface area contributed by atoms with Gasteiger partial charge < -0.3 is 9.47 Å². The predicted molar refractivity (Wildman–Crippen MR) is 55.0 cm³/mol. The first-order chi connectivity index (χ1) is 6.81. The summed E-state index contributed by atoms with van der Waals surface area (Å²) in [7, 11) is 1.33. The fraction of sp³-hybridized carbons (Fsp3) is 0.364. The van der Waals surface area contributed by atoms with Crippen LogP contribution in [-0.2, 0) is 14.3 Å². The van der Waals surface area contributed by atoms with Crippen molar-refractivity contribution in [2.45, 2.75) is 6.92 Å². The van der Waals surface area contributed by atoms with Crippen LogP contribution in [-0.4, -0.2) is 26.3 Å². The molecule has 14 heavy (non-hydrogen) atoms. The summed E-state index contributed by atoms with van der Waals surface area (Å²) in [6.45, 7) is 2.44. The second kappa shape index (κ2) is 9.74. The van der Waals surface area contributed by atoms with E-state index in [9.17, 15) is 4.79 Å². The average Bonchev–Trinajstić information content (AvgIpc) is 2.29. The summed E-state index contributed by atoms with van der Waals surface area (Å²) in [5.41, 5.74) is 0. The first-order valence-corrected chi connectivity index (χ1v) is 4.45. The van der Waals surface area contributed by atoms with E-state index >= 15 is 0 Å². The van der Waals surface area contributed by atoms with Gasteiger partial charge in [-0.2, -0.15) is 0 Å². The molecule has 78 valence electrons. The Morgan fingerprint density at radius 2 is 1.50 bits per heavy atom. The average molecular weight is 196 g/mol. The third-order valence-electron chi connectivity index (χ3n) is 1.32. The zero-order valence-corrected chi connectivity index (χ0v) is 8.60. The van der Waals surface area contributed by atoms with Crippen LogP contribution in [0.3, 0.4) is 0 Å². The van der Waals surface area contributed by atoms with Crippen molar-refractivity contribution in [3.8, 4) is 0 Å². The maximum absolute atomic E-state index is 10.2. The van der Waals surface area contributed by atoms with Gasteiger partial charge in [0.2, 0.25) is 0 Å². The van der Waals surface area contributed by atoms with Crippen molar-refractivity contribution in [1.29, 1.82) is 0 Å². The van der Waals surface area contributed by atoms with Crippen molar-refractivity contribution in [2.75, 3.05) is 20.3 Å². The normalized spacial score (nSPS) is 8.43. The molecular weight excluding hydrogens is 180 g/mol. The molecule has 1 aromatic rings. The first kappa shape index (κ1) is 12.7. The van der Waals surface area contributed by atoms with E-state index in [4.69, 9.17) is 4.74 Å². The van der Waals surface area contributed by atoms with Crippen molar-refractivity contribution in [1.82, 2.24) is 0 Å². The molecule has 0 aliphatic rings. The number of methoxy groups -OCH3 is 1. The molecule has 3 heteroatoms. The molecule has 3 nitrogen and oxygen atoms in total. The largest absolute Gasteiger partial charge is 0.467 e. The molecule has 0 atom stereocenters. The van der Waals surface area contributed by atoms with Crippen LogP contribution in [0.15, 0.2) is 36.4 Å². The predicted octanol–water partition coefficient (Wildman–Crippen LogP) is 1.88. The molecule has 1 aromatic carbocycles. The molecule has 0 aliphatic carbocycles. The van der Waals surface area contributed by atoms with Crippen LogP contribution in [0.25, 0.3) is 0 Å². The lowest BCUT2D eigenvalue weighted by atomic mass is 10.4. The molecule has 0 spiro atoms. The third kappa shape index (κ3) is 8.74. The Hall–Kier alpha value is -1.35. The Bertz CT molecular complexity index is 195. The maximum atomic E-state index is 10.2. The molecule has 0 unspecified atom stereocenters. The lowest BCUT2D eigenvalue weighted by Crippen LogP contribution is -2.09. The van der Waals surface area contributed by atoms with Crippen LogP contribution >= 0.6 is 0 Å². The Morgan fingerprint density at radius 1 is 1.07 bits per heavy atom. The van der Waals surface area contributed by atoms with Crippen LogP contribution in [0.5, 0.6) is 0 Å². The minimum atomic E-state index is -0.327. The van der Waals surface area contributed by atoms with Gasteiger partial charge in [0.25, 0.3) is 0 Å². The number of benzene rings is 1. The van der Waals surface area contributed by atoms with Gasteiger partial charge in [-0.05, 0) is 6.92 Å². The molecule has 0 fully saturated rings. The van der Waals surface area contributed by atoms with E-state index in [2.05, 4.69) is 4.74 Å². The molecule has 0 heterocycles. The zero-order chi connectivity index (χ0) is 10.6. The minimum absolute atomic E-state index is 0.0625. The highest BCUT2D eigenvalue weighted by Gasteiger charge is 1.95. The van der Waals surface area contributed by atoms with Gasteiger partial charge in [-0.1, -0.05) is 36.4 Å². The van der Waals surface area contributed by atoms with Crippen LogP contribution in [0.2, 0.25) is 0 Å². The van der Waals surface area contributed by atoms with E-state index in [-0.39, 0.29) is 12.6 Å². The Kier molecular flexibility index (Phi) is 8.80. The van der Waals surface area contributed by atoms with Crippen molar-refractivity contribution in [3.05, 3.63) is 36.4 Å². The number of carbonyl (C=O) groups excluding carboxylic acids is 1. The molecule has 0 aromatic heterocycles. The van der Waals surface area contributed by atoms with Gasteiger partial charge in [0.15, 0.2) is 0 Å². The number of hydrogen-bond donors (Lipinski definition) is 0. The fourth-order valence-corrected chi connectivity index (χ4v) is 0.629. The molecule has 0 N–H and O–H groups in total. The molecule has 0 saturated heterocycles. The van der Waals surface area contributed by atoms with E-state index in [0.29, 0.717) is 6.61 Å². The van der Waals surface area contributed by atoms with Crippen molar-refractivity contribution in [2.24, 2.45) is 0 Å². The van der Waals surface area contributed by atoms with Crippen molar-refractivity contribution < 1.29 is 14.3 Å². The monoisotopic (exact) mass is 196 g/mol. The molecule has 0 aliphatic heterocycles. The molecule has 0 amide bonds. The second-order valence-electron chi connectivity index (χ2n) is 2.37. The van der Waals surface area contributed by atoms with Gasteiger partial charge >= 0.3 is 5.97 Å². The van der Waals surface area contributed by atoms with E-state index in [1.54, 1.807) is 0 Å². The van der Waals surface area contributed by atoms with Gasteiger partial charge in [-0.25, -0.2) is 4.79 Å². The summed E-state index contributed by atoms with van der Waals surface area (Å²) in [5, 5.41) is 0. The summed E-state index contributed by atoms with van der Waals surface area (Å²) in [6.07, 6.45) is 0. The number of carbonyl (C=O) groups is 1. The van der Waals surface area contributed by atoms with Crippen LogP contribution < -0.4 is 0 Å². The number of esters is 1. The standard InChI is InChI=1S/C6H6.C5H10O3/c1-2-4-6-5-3-1;1-3-8-4-5(6)7-2/h1-6H;3-4H2,1-2H3. The van der Waals surface area contributed by atoms with Crippen molar-refractivity contribution >= 4 is 5.97 Å². The van der Waals surface area contributed by atoms with Gasteiger partial charge in [0.1, 0.15) is 6.61 Å². The highest BCUT2D eigenvalue weighted by Crippen LogP contribution is 1.80. The Labute approximate surface area is 84.7 Å². The smallest absolute Gasteiger partial charge is 0.331 e. The van der Waals surface area contributed by atoms with E-state index < -0.39 is 0 Å². The molecule has 0 bridgehead atoms. The molecule has 0 radical (unpaired) electrons. The van der Waals surface area contributed by atoms with Crippen molar-refractivity contribution in [3.63, 3.8) is 0 Å². The summed E-state index contributed by atoms with van der Waals surface area (Å²) in [6, 6.07) is 12.0. The third-order valence-corrected chi connectivity index (χ3v) is 1.32. The summed E-state index contributed by atoms with van der Waals surface area (Å²) < 4.78 is 9.00. The maximum Gasteiger partial charge on any atom is 0.331 e. The topological polar surface area (TPSA) is 35.5 Å². The summed E-state index contributed by atoms with van der Waals surface area (Å²) in [5.74, 6) is -0.327. The van der Waals surface area contributed by atoms with E-state index in [0.717, 1.165) is 0 Å². The van der Waals surface area contributed by atoms with E-state index in [1.165, 1.54) is 7.11 Å². The van der Waals surface area contributed by atoms with Gasteiger partial charge in [0.05, 0.1) is 7.11 Å². The fourth-order valence-electron chi connectivity index (χ4n) is 0.629. The number of rotatable bonds is 3. The molecule has 1 rings (SSSR count). The van der Waals surface area contributed by atoms with E-state index in [1.807, 2.05) is 43.3 Å². The summed E-state index contributed by atoms with van der Waals surface area (Å²) in [4.78, 5) is 10.2.